The zero-order chi connectivity index (χ0) is 21.2. The number of pyridine rings is 1. The maximum Gasteiger partial charge on any atom is 0.119 e. The van der Waals surface area contributed by atoms with Crippen LogP contribution in [0.1, 0.15) is 13.3 Å². The Hall–Kier alpha value is -3.36. The SMILES string of the molecule is CCCOc1ccc(-c2cc(-c3ccc(Cl)cc3)nc3ccc4ccccc4c23)cc1. The predicted octanol–water partition coefficient (Wildman–Crippen LogP) is 8.16. The Morgan fingerprint density at radius 2 is 1.55 bits per heavy atom. The smallest absolute Gasteiger partial charge is 0.119 e. The lowest BCUT2D eigenvalue weighted by Crippen LogP contribution is -1.95. The van der Waals surface area contributed by atoms with Crippen LogP contribution < -0.4 is 4.74 Å². The number of rotatable bonds is 5. The fraction of sp³-hybridized carbons (Fsp3) is 0.107. The molecular weight excluding hydrogens is 402 g/mol. The monoisotopic (exact) mass is 423 g/mol. The van der Waals surface area contributed by atoms with Crippen molar-refractivity contribution < 1.29 is 4.74 Å². The molecule has 152 valence electrons. The van der Waals surface area contributed by atoms with E-state index in [2.05, 4.69) is 61.5 Å². The molecule has 4 aromatic carbocycles. The molecule has 0 spiro atoms. The molecule has 0 saturated carbocycles. The molecule has 0 amide bonds. The van der Waals surface area contributed by atoms with Crippen molar-refractivity contribution in [2.45, 2.75) is 13.3 Å². The maximum atomic E-state index is 6.11. The van der Waals surface area contributed by atoms with Gasteiger partial charge in [-0.3, -0.25) is 0 Å². The molecule has 0 bridgehead atoms. The largest absolute Gasteiger partial charge is 0.494 e. The standard InChI is InChI=1S/C28H22ClNO/c1-2-17-31-23-14-9-20(10-15-23)25-18-27(21-7-12-22(29)13-8-21)30-26-16-11-19-5-3-4-6-24(19)28(25)26/h3-16,18H,2,17H2,1H3. The van der Waals surface area contributed by atoms with Gasteiger partial charge in [0.15, 0.2) is 0 Å². The number of ether oxygens (including phenoxy) is 1. The first-order chi connectivity index (χ1) is 15.2. The molecule has 0 unspecified atom stereocenters. The Balaban J connectivity index is 1.75. The van der Waals surface area contributed by atoms with Crippen molar-refractivity contribution >= 4 is 33.3 Å². The van der Waals surface area contributed by atoms with Crippen LogP contribution in [0.3, 0.4) is 0 Å². The van der Waals surface area contributed by atoms with Gasteiger partial charge in [0.25, 0.3) is 0 Å². The van der Waals surface area contributed by atoms with Crippen molar-refractivity contribution in [3.8, 4) is 28.1 Å². The lowest BCUT2D eigenvalue weighted by atomic mass is 9.94. The summed E-state index contributed by atoms with van der Waals surface area (Å²) < 4.78 is 5.78. The Morgan fingerprint density at radius 1 is 0.806 bits per heavy atom. The average molecular weight is 424 g/mol. The normalized spacial score (nSPS) is 11.2. The van der Waals surface area contributed by atoms with E-state index in [-0.39, 0.29) is 0 Å². The summed E-state index contributed by atoms with van der Waals surface area (Å²) in [5.74, 6) is 0.895. The van der Waals surface area contributed by atoms with E-state index in [4.69, 9.17) is 21.3 Å². The van der Waals surface area contributed by atoms with Gasteiger partial charge in [-0.2, -0.15) is 0 Å². The van der Waals surface area contributed by atoms with Crippen molar-refractivity contribution in [3.05, 3.63) is 96.0 Å². The summed E-state index contributed by atoms with van der Waals surface area (Å²) >= 11 is 6.11. The van der Waals surface area contributed by atoms with Crippen molar-refractivity contribution in [1.82, 2.24) is 4.98 Å². The van der Waals surface area contributed by atoms with E-state index in [0.717, 1.165) is 57.1 Å². The van der Waals surface area contributed by atoms with Crippen molar-refractivity contribution in [1.29, 1.82) is 0 Å². The van der Waals surface area contributed by atoms with Crippen molar-refractivity contribution in [2.24, 2.45) is 0 Å². The van der Waals surface area contributed by atoms with E-state index in [1.807, 2.05) is 36.4 Å². The highest BCUT2D eigenvalue weighted by molar-refractivity contribution is 6.30. The Bertz CT molecular complexity index is 1360. The van der Waals surface area contributed by atoms with Gasteiger partial charge < -0.3 is 4.74 Å². The second-order valence-electron chi connectivity index (χ2n) is 7.62. The quantitative estimate of drug-likeness (QED) is 0.266. The Morgan fingerprint density at radius 3 is 2.32 bits per heavy atom. The summed E-state index contributed by atoms with van der Waals surface area (Å²) in [5.41, 5.74) is 5.26. The highest BCUT2D eigenvalue weighted by atomic mass is 35.5. The minimum atomic E-state index is 0.721. The molecule has 5 rings (SSSR count). The number of aromatic nitrogens is 1. The molecule has 2 nitrogen and oxygen atoms in total. The van der Waals surface area contributed by atoms with Gasteiger partial charge in [-0.15, -0.1) is 0 Å². The van der Waals surface area contributed by atoms with E-state index in [9.17, 15) is 0 Å². The van der Waals surface area contributed by atoms with Crippen molar-refractivity contribution in [3.63, 3.8) is 0 Å². The van der Waals surface area contributed by atoms with Crippen LogP contribution in [0.5, 0.6) is 5.75 Å². The summed E-state index contributed by atoms with van der Waals surface area (Å²) in [6, 6.07) is 31.1. The summed E-state index contributed by atoms with van der Waals surface area (Å²) in [6.45, 7) is 2.84. The van der Waals surface area contributed by atoms with Gasteiger partial charge in [-0.25, -0.2) is 4.98 Å². The third kappa shape index (κ3) is 3.87. The molecule has 0 aliphatic carbocycles. The molecule has 0 atom stereocenters. The molecule has 0 fully saturated rings. The first-order valence-corrected chi connectivity index (χ1v) is 10.9. The summed E-state index contributed by atoms with van der Waals surface area (Å²) in [7, 11) is 0. The molecule has 1 heterocycles. The highest BCUT2D eigenvalue weighted by Gasteiger charge is 2.13. The fourth-order valence-electron chi connectivity index (χ4n) is 3.95. The van der Waals surface area contributed by atoms with Crippen molar-refractivity contribution in [2.75, 3.05) is 6.61 Å². The molecule has 0 aliphatic rings. The first kappa shape index (κ1) is 19.6. The number of benzene rings is 4. The van der Waals surface area contributed by atoms with Crippen LogP contribution in [-0.4, -0.2) is 11.6 Å². The zero-order valence-electron chi connectivity index (χ0n) is 17.3. The molecule has 31 heavy (non-hydrogen) atoms. The maximum absolute atomic E-state index is 6.11. The number of hydrogen-bond acceptors (Lipinski definition) is 2. The molecule has 0 saturated heterocycles. The summed E-state index contributed by atoms with van der Waals surface area (Å²) in [6.07, 6.45) is 0.993. The van der Waals surface area contributed by atoms with Gasteiger partial charge >= 0.3 is 0 Å². The highest BCUT2D eigenvalue weighted by Crippen LogP contribution is 2.37. The molecular formula is C28H22ClNO. The molecule has 3 heteroatoms. The van der Waals surface area contributed by atoms with Gasteiger partial charge in [0.1, 0.15) is 5.75 Å². The third-order valence-electron chi connectivity index (χ3n) is 5.48. The van der Waals surface area contributed by atoms with E-state index in [0.29, 0.717) is 0 Å². The van der Waals surface area contributed by atoms with Gasteiger partial charge in [0, 0.05) is 16.0 Å². The summed E-state index contributed by atoms with van der Waals surface area (Å²) in [5, 5.41) is 4.30. The van der Waals surface area contributed by atoms with Gasteiger partial charge in [-0.05, 0) is 64.7 Å². The average Bonchev–Trinajstić information content (AvgIpc) is 2.82. The van der Waals surface area contributed by atoms with Crippen LogP contribution in [0.4, 0.5) is 0 Å². The van der Waals surface area contributed by atoms with Crippen LogP contribution in [0.2, 0.25) is 5.02 Å². The van der Waals surface area contributed by atoms with E-state index >= 15 is 0 Å². The Kier molecular flexibility index (Phi) is 5.31. The second-order valence-corrected chi connectivity index (χ2v) is 8.05. The zero-order valence-corrected chi connectivity index (χ0v) is 18.1. The Labute approximate surface area is 187 Å². The lowest BCUT2D eigenvalue weighted by Gasteiger charge is -2.14. The van der Waals surface area contributed by atoms with Gasteiger partial charge in [0.05, 0.1) is 17.8 Å². The first-order valence-electron chi connectivity index (χ1n) is 10.5. The number of halogens is 1. The molecule has 5 aromatic rings. The second kappa shape index (κ2) is 8.41. The minimum Gasteiger partial charge on any atom is -0.494 e. The molecule has 0 radical (unpaired) electrons. The van der Waals surface area contributed by atoms with E-state index < -0.39 is 0 Å². The van der Waals surface area contributed by atoms with Crippen LogP contribution >= 0.6 is 11.6 Å². The van der Waals surface area contributed by atoms with Gasteiger partial charge in [-0.1, -0.05) is 73.1 Å². The predicted molar refractivity (Wildman–Crippen MR) is 131 cm³/mol. The van der Waals surface area contributed by atoms with E-state index in [1.165, 1.54) is 10.8 Å². The van der Waals surface area contributed by atoms with Gasteiger partial charge in [0.2, 0.25) is 0 Å². The van der Waals surface area contributed by atoms with E-state index in [1.54, 1.807) is 0 Å². The lowest BCUT2D eigenvalue weighted by molar-refractivity contribution is 0.317. The molecule has 1 aromatic heterocycles. The van der Waals surface area contributed by atoms with Crippen LogP contribution in [0.25, 0.3) is 44.1 Å². The number of nitrogens with zero attached hydrogens (tertiary/aromatic N) is 1. The van der Waals surface area contributed by atoms with Crippen LogP contribution in [0.15, 0.2) is 91.0 Å². The fourth-order valence-corrected chi connectivity index (χ4v) is 4.08. The molecule has 0 aliphatic heterocycles. The molecule has 0 N–H and O–H groups in total. The van der Waals surface area contributed by atoms with Crippen LogP contribution in [-0.2, 0) is 0 Å². The summed E-state index contributed by atoms with van der Waals surface area (Å²) in [4.78, 5) is 5.00. The number of fused-ring (bicyclic) bond motifs is 3. The van der Waals surface area contributed by atoms with Crippen LogP contribution in [0, 0.1) is 0 Å². The number of hydrogen-bond donors (Lipinski definition) is 0. The minimum absolute atomic E-state index is 0.721. The third-order valence-corrected chi connectivity index (χ3v) is 5.73. The topological polar surface area (TPSA) is 22.1 Å².